The summed E-state index contributed by atoms with van der Waals surface area (Å²) in [5.41, 5.74) is 6.04. The molecular weight excluding hydrogens is 434 g/mol. The van der Waals surface area contributed by atoms with E-state index in [0.717, 1.165) is 46.9 Å². The van der Waals surface area contributed by atoms with E-state index in [9.17, 15) is 4.79 Å². The maximum absolute atomic E-state index is 13.1. The van der Waals surface area contributed by atoms with Gasteiger partial charge in [0.25, 0.3) is 0 Å². The van der Waals surface area contributed by atoms with Gasteiger partial charge in [-0.05, 0) is 73.0 Å². The smallest absolute Gasteiger partial charge is 0.214 e. The van der Waals surface area contributed by atoms with Gasteiger partial charge in [0.05, 0.1) is 18.6 Å². The minimum Gasteiger partial charge on any atom is -0.497 e. The van der Waals surface area contributed by atoms with E-state index in [1.807, 2.05) is 63.2 Å². The van der Waals surface area contributed by atoms with Crippen LogP contribution < -0.4 is 4.74 Å². The van der Waals surface area contributed by atoms with Crippen molar-refractivity contribution in [3.63, 3.8) is 0 Å². The highest BCUT2D eigenvalue weighted by Crippen LogP contribution is 2.24. The summed E-state index contributed by atoms with van der Waals surface area (Å²) in [6.45, 7) is 6.88. The van der Waals surface area contributed by atoms with Crippen molar-refractivity contribution in [1.29, 1.82) is 0 Å². The number of rotatable bonds is 9. The van der Waals surface area contributed by atoms with Crippen molar-refractivity contribution in [3.05, 3.63) is 82.7 Å². The number of methoxy groups -OCH3 is 1. The fraction of sp³-hybridized carbons (Fsp3) is 0.280. The van der Waals surface area contributed by atoms with Crippen LogP contribution in [0.4, 0.5) is 0 Å². The zero-order valence-corrected chi connectivity index (χ0v) is 20.1. The number of Topliss-reactive ketones (excluding diaryl/α,β-unsaturated/α-hetero) is 1. The molecule has 2 heterocycles. The Balaban J connectivity index is 1.43. The Morgan fingerprint density at radius 3 is 2.55 bits per heavy atom. The Morgan fingerprint density at radius 2 is 1.82 bits per heavy atom. The van der Waals surface area contributed by atoms with E-state index in [1.165, 1.54) is 17.3 Å². The van der Waals surface area contributed by atoms with E-state index in [2.05, 4.69) is 32.2 Å². The molecule has 33 heavy (non-hydrogen) atoms. The topological polar surface area (TPSA) is 74.8 Å². The van der Waals surface area contributed by atoms with Gasteiger partial charge in [-0.3, -0.25) is 4.79 Å². The SMILES string of the molecule is COc1ccc(CCn2c(C)cc(C(=O)CSc3nnnn3-c3ccccc3C)c2C)cc1. The lowest BCUT2D eigenvalue weighted by Crippen LogP contribution is -2.09. The Bertz CT molecular complexity index is 1260. The van der Waals surface area contributed by atoms with Crippen molar-refractivity contribution in [3.8, 4) is 11.4 Å². The minimum absolute atomic E-state index is 0.0723. The molecule has 0 atom stereocenters. The van der Waals surface area contributed by atoms with Crippen LogP contribution in [0.3, 0.4) is 0 Å². The number of carbonyl (C=O) groups excluding carboxylic acids is 1. The number of tetrazole rings is 1. The highest BCUT2D eigenvalue weighted by atomic mass is 32.2. The Kier molecular flexibility index (Phi) is 6.93. The standard InChI is InChI=1S/C25H27N5O2S/c1-17-7-5-6-8-23(17)30-25(26-27-28-30)33-16-24(31)22-15-18(2)29(19(22)3)14-13-20-9-11-21(32-4)12-10-20/h5-12,15H,13-14,16H2,1-4H3. The summed E-state index contributed by atoms with van der Waals surface area (Å²) in [4.78, 5) is 13.1. The van der Waals surface area contributed by atoms with Gasteiger partial charge < -0.3 is 9.30 Å². The maximum atomic E-state index is 13.1. The lowest BCUT2D eigenvalue weighted by atomic mass is 10.1. The van der Waals surface area contributed by atoms with Crippen LogP contribution in [-0.2, 0) is 13.0 Å². The molecule has 4 aromatic rings. The van der Waals surface area contributed by atoms with Gasteiger partial charge in [0, 0.05) is 23.5 Å². The van der Waals surface area contributed by atoms with Crippen LogP contribution >= 0.6 is 11.8 Å². The summed E-state index contributed by atoms with van der Waals surface area (Å²) >= 11 is 1.35. The first-order valence-electron chi connectivity index (χ1n) is 10.8. The highest BCUT2D eigenvalue weighted by molar-refractivity contribution is 7.99. The third-order valence-corrected chi connectivity index (χ3v) is 6.69. The first-order valence-corrected chi connectivity index (χ1v) is 11.8. The average Bonchev–Trinajstić information content (AvgIpc) is 3.40. The summed E-state index contributed by atoms with van der Waals surface area (Å²) < 4.78 is 9.12. The molecule has 0 saturated carbocycles. The summed E-state index contributed by atoms with van der Waals surface area (Å²) in [7, 11) is 1.67. The zero-order chi connectivity index (χ0) is 23.4. The average molecular weight is 462 g/mol. The van der Waals surface area contributed by atoms with Crippen molar-refractivity contribution in [2.75, 3.05) is 12.9 Å². The molecule has 170 valence electrons. The van der Waals surface area contributed by atoms with Crippen LogP contribution in [0.2, 0.25) is 0 Å². The molecule has 0 aliphatic carbocycles. The number of ketones is 1. The number of aryl methyl sites for hydroxylation is 3. The second-order valence-corrected chi connectivity index (χ2v) is 8.85. The predicted molar refractivity (Wildman–Crippen MR) is 130 cm³/mol. The molecule has 0 bridgehead atoms. The molecule has 0 spiro atoms. The van der Waals surface area contributed by atoms with Crippen molar-refractivity contribution in [1.82, 2.24) is 24.8 Å². The molecule has 0 N–H and O–H groups in total. The van der Waals surface area contributed by atoms with Gasteiger partial charge in [-0.25, -0.2) is 0 Å². The number of carbonyl (C=O) groups is 1. The molecule has 0 unspecified atom stereocenters. The van der Waals surface area contributed by atoms with E-state index in [0.29, 0.717) is 5.16 Å². The number of hydrogen-bond donors (Lipinski definition) is 0. The predicted octanol–water partition coefficient (Wildman–Crippen LogP) is 4.62. The lowest BCUT2D eigenvalue weighted by molar-refractivity contribution is 0.102. The molecule has 0 fully saturated rings. The molecule has 0 aliphatic heterocycles. The van der Waals surface area contributed by atoms with Gasteiger partial charge in [-0.1, -0.05) is 42.1 Å². The van der Waals surface area contributed by atoms with Gasteiger partial charge in [-0.2, -0.15) is 4.68 Å². The molecule has 0 amide bonds. The molecule has 0 aliphatic rings. The highest BCUT2D eigenvalue weighted by Gasteiger charge is 2.18. The Labute approximate surface area is 197 Å². The number of hydrogen-bond acceptors (Lipinski definition) is 6. The first-order chi connectivity index (χ1) is 16.0. The molecule has 0 radical (unpaired) electrons. The Hall–Kier alpha value is -3.39. The van der Waals surface area contributed by atoms with Crippen LogP contribution in [-0.4, -0.2) is 43.4 Å². The van der Waals surface area contributed by atoms with Gasteiger partial charge in [0.1, 0.15) is 5.75 Å². The van der Waals surface area contributed by atoms with Crippen molar-refractivity contribution in [2.24, 2.45) is 0 Å². The molecule has 4 rings (SSSR count). The number of benzene rings is 2. The quantitative estimate of drug-likeness (QED) is 0.268. The molecule has 8 heteroatoms. The Morgan fingerprint density at radius 1 is 1.06 bits per heavy atom. The van der Waals surface area contributed by atoms with Crippen LogP contribution in [0.1, 0.15) is 32.9 Å². The third-order valence-electron chi connectivity index (χ3n) is 5.77. The maximum Gasteiger partial charge on any atom is 0.214 e. The lowest BCUT2D eigenvalue weighted by Gasteiger charge is -2.10. The first kappa shape index (κ1) is 22.8. The van der Waals surface area contributed by atoms with E-state index >= 15 is 0 Å². The van der Waals surface area contributed by atoms with Crippen molar-refractivity contribution in [2.45, 2.75) is 38.9 Å². The normalized spacial score (nSPS) is 11.0. The van der Waals surface area contributed by atoms with Crippen LogP contribution in [0.5, 0.6) is 5.75 Å². The molecule has 7 nitrogen and oxygen atoms in total. The van der Waals surface area contributed by atoms with Gasteiger partial charge in [0.2, 0.25) is 5.16 Å². The van der Waals surface area contributed by atoms with E-state index < -0.39 is 0 Å². The second-order valence-electron chi connectivity index (χ2n) is 7.91. The zero-order valence-electron chi connectivity index (χ0n) is 19.3. The number of nitrogens with zero attached hydrogens (tertiary/aromatic N) is 5. The summed E-state index contributed by atoms with van der Waals surface area (Å²) in [6.07, 6.45) is 0.883. The van der Waals surface area contributed by atoms with Gasteiger partial charge in [0.15, 0.2) is 5.78 Å². The summed E-state index contributed by atoms with van der Waals surface area (Å²) in [6, 6.07) is 18.0. The number of aromatic nitrogens is 5. The van der Waals surface area contributed by atoms with Gasteiger partial charge in [-0.15, -0.1) is 5.10 Å². The third kappa shape index (κ3) is 5.01. The van der Waals surface area contributed by atoms with E-state index in [1.54, 1.807) is 11.8 Å². The molecule has 0 saturated heterocycles. The second kappa shape index (κ2) is 10.0. The number of para-hydroxylation sites is 1. The van der Waals surface area contributed by atoms with Crippen LogP contribution in [0.15, 0.2) is 59.8 Å². The monoisotopic (exact) mass is 461 g/mol. The number of thioether (sulfide) groups is 1. The summed E-state index contributed by atoms with van der Waals surface area (Å²) in [5, 5.41) is 12.6. The van der Waals surface area contributed by atoms with Gasteiger partial charge >= 0.3 is 0 Å². The number of ether oxygens (including phenoxy) is 1. The molecular formula is C25H27N5O2S. The van der Waals surface area contributed by atoms with E-state index in [4.69, 9.17) is 4.74 Å². The fourth-order valence-electron chi connectivity index (χ4n) is 3.89. The van der Waals surface area contributed by atoms with Crippen molar-refractivity contribution < 1.29 is 9.53 Å². The van der Waals surface area contributed by atoms with Crippen LogP contribution in [0, 0.1) is 20.8 Å². The fourth-order valence-corrected chi connectivity index (χ4v) is 4.66. The van der Waals surface area contributed by atoms with Crippen LogP contribution in [0.25, 0.3) is 5.69 Å². The molecule has 2 aromatic carbocycles. The largest absolute Gasteiger partial charge is 0.497 e. The minimum atomic E-state index is 0.0723. The molecule has 2 aromatic heterocycles. The van der Waals surface area contributed by atoms with Crippen molar-refractivity contribution >= 4 is 17.5 Å². The van der Waals surface area contributed by atoms with E-state index in [-0.39, 0.29) is 11.5 Å². The summed E-state index contributed by atoms with van der Waals surface area (Å²) in [5.74, 6) is 1.20.